The van der Waals surface area contributed by atoms with Crippen LogP contribution in [0.4, 0.5) is 0 Å². The van der Waals surface area contributed by atoms with E-state index in [1.165, 1.54) is 0 Å². The maximum Gasteiger partial charge on any atom is 0.179 e. The smallest absolute Gasteiger partial charge is 0.179 e. The van der Waals surface area contributed by atoms with Gasteiger partial charge in [-0.3, -0.25) is 0 Å². The molecule has 1 N–H and O–H groups in total. The maximum atomic E-state index is 10.0. The van der Waals surface area contributed by atoms with Crippen molar-refractivity contribution in [2.24, 2.45) is 11.8 Å². The third-order valence-electron chi connectivity index (χ3n) is 3.12. The van der Waals surface area contributed by atoms with Crippen LogP contribution in [-0.2, 0) is 9.47 Å². The second-order valence-corrected chi connectivity index (χ2v) is 8.96. The molecule has 17 heavy (non-hydrogen) atoms. The van der Waals surface area contributed by atoms with Gasteiger partial charge in [0.25, 0.3) is 0 Å². The highest BCUT2D eigenvalue weighted by molar-refractivity contribution is 8.13. The zero-order chi connectivity index (χ0) is 13.0. The van der Waals surface area contributed by atoms with Gasteiger partial charge in [0, 0.05) is 11.8 Å². The van der Waals surface area contributed by atoms with Crippen LogP contribution in [0.25, 0.3) is 0 Å². The molecule has 1 heterocycles. The highest BCUT2D eigenvalue weighted by atomic mass is 32.0. The highest BCUT2D eigenvalue weighted by Gasteiger charge is 2.36. The zero-order valence-electron chi connectivity index (χ0n) is 11.0. The van der Waals surface area contributed by atoms with Crippen molar-refractivity contribution in [3.05, 3.63) is 12.2 Å². The summed E-state index contributed by atoms with van der Waals surface area (Å²) in [5.41, 5.74) is 0. The predicted octanol–water partition coefficient (Wildman–Crippen LogP) is 2.80. The van der Waals surface area contributed by atoms with Gasteiger partial charge in [-0.25, -0.2) is 0 Å². The molecule has 1 aliphatic rings. The van der Waals surface area contributed by atoms with Crippen molar-refractivity contribution in [1.82, 2.24) is 0 Å². The fourth-order valence-electron chi connectivity index (χ4n) is 2.06. The van der Waals surface area contributed by atoms with Crippen LogP contribution in [-0.4, -0.2) is 36.6 Å². The summed E-state index contributed by atoms with van der Waals surface area (Å²) in [7, 11) is 2.43. The summed E-state index contributed by atoms with van der Waals surface area (Å²) in [6.45, 7) is 8.89. The first-order valence-corrected chi connectivity index (χ1v) is 9.50. The van der Waals surface area contributed by atoms with Gasteiger partial charge in [0.2, 0.25) is 0 Å². The highest BCUT2D eigenvalue weighted by Crippen LogP contribution is 2.49. The average Bonchev–Trinajstić information content (AvgIpc) is 2.28. The van der Waals surface area contributed by atoms with Crippen molar-refractivity contribution in [1.29, 1.82) is 0 Å². The van der Waals surface area contributed by atoms with Gasteiger partial charge in [0.05, 0.1) is 18.8 Å². The van der Waals surface area contributed by atoms with Crippen LogP contribution in [0.5, 0.6) is 0 Å². The van der Waals surface area contributed by atoms with Crippen molar-refractivity contribution in [2.75, 3.05) is 13.3 Å². The molecule has 3 nitrogen and oxygen atoms in total. The Hall–Kier alpha value is 0.480. The normalized spacial score (nSPS) is 35.8. The lowest BCUT2D eigenvalue weighted by Gasteiger charge is -2.40. The molecule has 1 fully saturated rings. The maximum absolute atomic E-state index is 10.0. The number of aliphatic hydroxyl groups excluding tert-OH is 1. The molecule has 0 amide bonds. The predicted molar refractivity (Wildman–Crippen MR) is 76.3 cm³/mol. The second kappa shape index (κ2) is 7.16. The molecule has 0 aromatic heterocycles. The number of ether oxygens (including phenoxy) is 2. The molecule has 0 aliphatic carbocycles. The van der Waals surface area contributed by atoms with Crippen molar-refractivity contribution in [3.63, 3.8) is 0 Å². The van der Waals surface area contributed by atoms with E-state index in [2.05, 4.69) is 22.5 Å². The summed E-state index contributed by atoms with van der Waals surface area (Å²) >= 11 is 0. The van der Waals surface area contributed by atoms with Crippen LogP contribution < -0.4 is 0 Å². The van der Waals surface area contributed by atoms with Crippen LogP contribution >= 0.6 is 16.5 Å². The topological polar surface area (TPSA) is 38.7 Å². The molecule has 0 spiro atoms. The molecule has 0 bridgehead atoms. The summed E-state index contributed by atoms with van der Waals surface area (Å²) in [5, 5.41) is 10.0. The number of rotatable bonds is 4. The lowest BCUT2D eigenvalue weighted by atomic mass is 9.89. The molecular formula is C12H24O3P2. The Morgan fingerprint density at radius 2 is 2.18 bits per heavy atom. The Bertz CT molecular complexity index is 258. The molecule has 0 aromatic rings. The van der Waals surface area contributed by atoms with Crippen LogP contribution in [0.2, 0.25) is 0 Å². The van der Waals surface area contributed by atoms with E-state index in [1.54, 1.807) is 0 Å². The van der Waals surface area contributed by atoms with Crippen LogP contribution in [0, 0.1) is 11.8 Å². The van der Waals surface area contributed by atoms with E-state index in [0.29, 0.717) is 12.5 Å². The fraction of sp³-hybridized carbons (Fsp3) is 0.833. The van der Waals surface area contributed by atoms with Gasteiger partial charge in [0.15, 0.2) is 6.03 Å². The first-order valence-electron chi connectivity index (χ1n) is 6.02. The van der Waals surface area contributed by atoms with Crippen molar-refractivity contribution >= 4 is 16.5 Å². The second-order valence-electron chi connectivity index (χ2n) is 4.76. The lowest BCUT2D eigenvalue weighted by Crippen LogP contribution is -2.44. The van der Waals surface area contributed by atoms with E-state index in [1.807, 2.05) is 26.0 Å². The van der Waals surface area contributed by atoms with Crippen molar-refractivity contribution < 1.29 is 14.6 Å². The summed E-state index contributed by atoms with van der Waals surface area (Å²) in [5.74, 6) is 0.411. The summed E-state index contributed by atoms with van der Waals surface area (Å²) in [4.78, 5) is 0. The van der Waals surface area contributed by atoms with Crippen LogP contribution in [0.15, 0.2) is 12.2 Å². The third kappa shape index (κ3) is 4.26. The molecule has 3 unspecified atom stereocenters. The summed E-state index contributed by atoms with van der Waals surface area (Å²) in [6, 6.07) is -0.114. The van der Waals surface area contributed by atoms with Gasteiger partial charge < -0.3 is 14.6 Å². The minimum atomic E-state index is -0.446. The fourth-order valence-corrected chi connectivity index (χ4v) is 3.18. The Morgan fingerprint density at radius 1 is 1.53 bits per heavy atom. The first-order chi connectivity index (χ1) is 7.97. The molecule has 0 saturated carbocycles. The Morgan fingerprint density at radius 3 is 2.71 bits per heavy atom. The van der Waals surface area contributed by atoms with Gasteiger partial charge in [-0.1, -0.05) is 26.0 Å². The minimum absolute atomic E-state index is 0.0606. The molecule has 100 valence electrons. The minimum Gasteiger partial charge on any atom is -0.389 e. The molecule has 7 atom stereocenters. The van der Waals surface area contributed by atoms with E-state index in [4.69, 9.17) is 9.47 Å². The molecule has 1 aliphatic heterocycles. The summed E-state index contributed by atoms with van der Waals surface area (Å²) < 4.78 is 11.6. The Kier molecular flexibility index (Phi) is 6.55. The van der Waals surface area contributed by atoms with E-state index in [9.17, 15) is 5.11 Å². The van der Waals surface area contributed by atoms with Crippen molar-refractivity contribution in [2.45, 2.75) is 39.0 Å². The van der Waals surface area contributed by atoms with Crippen LogP contribution in [0.1, 0.15) is 20.8 Å². The van der Waals surface area contributed by atoms with Crippen molar-refractivity contribution in [3.8, 4) is 0 Å². The number of allylic oxidation sites excluding steroid dienone is 1. The number of hydrogen-bond donors (Lipinski definition) is 1. The van der Waals surface area contributed by atoms with E-state index in [-0.39, 0.29) is 25.7 Å². The average molecular weight is 278 g/mol. The van der Waals surface area contributed by atoms with Gasteiger partial charge in [-0.15, -0.1) is 8.93 Å². The monoisotopic (exact) mass is 278 g/mol. The van der Waals surface area contributed by atoms with Gasteiger partial charge in [0.1, 0.15) is 0 Å². The Balaban J connectivity index is 2.66. The largest absolute Gasteiger partial charge is 0.389 e. The van der Waals surface area contributed by atoms with E-state index < -0.39 is 6.10 Å². The van der Waals surface area contributed by atoms with Crippen LogP contribution in [0.3, 0.4) is 0 Å². The molecular weight excluding hydrogens is 254 g/mol. The van der Waals surface area contributed by atoms with Gasteiger partial charge >= 0.3 is 0 Å². The SMILES string of the molecule is C/C=C/[C@@H](O)[C@H](C)[C@H]1OC(P(C)P)OC[C@@H]1C. The first kappa shape index (κ1) is 15.5. The molecule has 1 saturated heterocycles. The van der Waals surface area contributed by atoms with E-state index in [0.717, 1.165) is 0 Å². The number of hydrogen-bond acceptors (Lipinski definition) is 3. The standard InChI is InChI=1S/C12H24O3P2/c1-5-6-10(13)9(3)11-8(2)7-14-12(15-11)17(4)16/h5-6,8-13H,7,16H2,1-4H3/b6-5+/t8-,9-,10+,11-,12?,17?/m0/s1. The molecule has 0 aromatic carbocycles. The van der Waals surface area contributed by atoms with E-state index >= 15 is 0 Å². The summed E-state index contributed by atoms with van der Waals surface area (Å²) in [6.07, 6.45) is 3.32. The van der Waals surface area contributed by atoms with Gasteiger partial charge in [-0.05, 0) is 21.2 Å². The molecule has 5 heteroatoms. The Labute approximate surface area is 108 Å². The van der Waals surface area contributed by atoms with Gasteiger partial charge in [-0.2, -0.15) is 0 Å². The molecule has 1 rings (SSSR count). The number of aliphatic hydroxyl groups is 1. The zero-order valence-corrected chi connectivity index (χ0v) is 13.1. The lowest BCUT2D eigenvalue weighted by molar-refractivity contribution is -0.209. The quantitative estimate of drug-likeness (QED) is 0.635. The third-order valence-corrected chi connectivity index (χ3v) is 4.78. The molecule has 0 radical (unpaired) electrons.